The van der Waals surface area contributed by atoms with Crippen molar-refractivity contribution >= 4 is 5.91 Å². The fraction of sp³-hybridized carbons (Fsp3) is 0.429. The van der Waals surface area contributed by atoms with Crippen LogP contribution < -0.4 is 11.1 Å². The van der Waals surface area contributed by atoms with Gasteiger partial charge in [0.2, 0.25) is 17.6 Å². The molecule has 7 heteroatoms. The zero-order chi connectivity index (χ0) is 15.4. The molecule has 2 aromatic heterocycles. The van der Waals surface area contributed by atoms with Crippen molar-refractivity contribution in [1.29, 1.82) is 0 Å². The van der Waals surface area contributed by atoms with E-state index < -0.39 is 6.04 Å². The molecule has 7 nitrogen and oxygen atoms in total. The highest BCUT2D eigenvalue weighted by Crippen LogP contribution is 2.23. The predicted molar refractivity (Wildman–Crippen MR) is 76.9 cm³/mol. The number of nitrogens with two attached hydrogens (primary N) is 1. The fourth-order valence-electron chi connectivity index (χ4n) is 1.78. The van der Waals surface area contributed by atoms with Gasteiger partial charge in [0.05, 0.1) is 6.04 Å². The molecule has 21 heavy (non-hydrogen) atoms. The Morgan fingerprint density at radius 2 is 1.95 bits per heavy atom. The topological polar surface area (TPSA) is 107 Å². The highest BCUT2D eigenvalue weighted by atomic mass is 16.5. The molecule has 0 bridgehead atoms. The number of rotatable bonds is 5. The van der Waals surface area contributed by atoms with Crippen LogP contribution in [0, 0.1) is 5.92 Å². The summed E-state index contributed by atoms with van der Waals surface area (Å²) in [5.74, 6) is 0.676. The van der Waals surface area contributed by atoms with E-state index in [9.17, 15) is 4.79 Å². The molecule has 1 amide bonds. The number of pyridine rings is 1. The minimum absolute atomic E-state index is 0.0958. The third-order valence-corrected chi connectivity index (χ3v) is 3.02. The summed E-state index contributed by atoms with van der Waals surface area (Å²) in [7, 11) is 0. The van der Waals surface area contributed by atoms with Gasteiger partial charge < -0.3 is 15.6 Å². The second-order valence-corrected chi connectivity index (χ2v) is 5.21. The summed E-state index contributed by atoms with van der Waals surface area (Å²) in [5.41, 5.74) is 6.38. The van der Waals surface area contributed by atoms with Crippen molar-refractivity contribution in [2.45, 2.75) is 32.9 Å². The maximum absolute atomic E-state index is 11.8. The number of carbonyl (C=O) groups excluding carboxylic acids is 1. The van der Waals surface area contributed by atoms with Gasteiger partial charge in [-0.15, -0.1) is 0 Å². The predicted octanol–water partition coefficient (Wildman–Crippen LogP) is 1.29. The Morgan fingerprint density at radius 3 is 2.52 bits per heavy atom. The molecule has 0 aromatic carbocycles. The van der Waals surface area contributed by atoms with Crippen LogP contribution in [-0.2, 0) is 4.79 Å². The third-order valence-electron chi connectivity index (χ3n) is 3.02. The van der Waals surface area contributed by atoms with Crippen molar-refractivity contribution in [3.05, 3.63) is 30.4 Å². The van der Waals surface area contributed by atoms with Gasteiger partial charge in [-0.05, 0) is 25.0 Å². The third kappa shape index (κ3) is 3.63. The quantitative estimate of drug-likeness (QED) is 0.859. The van der Waals surface area contributed by atoms with Gasteiger partial charge in [-0.3, -0.25) is 9.78 Å². The lowest BCUT2D eigenvalue weighted by molar-refractivity contribution is -0.123. The summed E-state index contributed by atoms with van der Waals surface area (Å²) in [6.45, 7) is 5.55. The molecule has 0 fully saturated rings. The van der Waals surface area contributed by atoms with Crippen LogP contribution in [0.15, 0.2) is 29.0 Å². The van der Waals surface area contributed by atoms with Crippen molar-refractivity contribution in [1.82, 2.24) is 20.4 Å². The van der Waals surface area contributed by atoms with E-state index in [-0.39, 0.29) is 17.9 Å². The Labute approximate surface area is 122 Å². The average Bonchev–Trinajstić information content (AvgIpc) is 2.94. The Bertz CT molecular complexity index is 594. The lowest BCUT2D eigenvalue weighted by atomic mass is 10.0. The summed E-state index contributed by atoms with van der Waals surface area (Å²) in [4.78, 5) is 20.1. The lowest BCUT2D eigenvalue weighted by Gasteiger charge is -2.19. The second kappa shape index (κ2) is 6.45. The van der Waals surface area contributed by atoms with Crippen LogP contribution in [0.25, 0.3) is 11.4 Å². The lowest BCUT2D eigenvalue weighted by Crippen LogP contribution is -2.41. The number of aromatic nitrogens is 3. The zero-order valence-corrected chi connectivity index (χ0v) is 12.3. The van der Waals surface area contributed by atoms with E-state index in [1.165, 1.54) is 0 Å². The smallest absolute Gasteiger partial charge is 0.249 e. The normalized spacial score (nSPS) is 14.0. The van der Waals surface area contributed by atoms with Crippen molar-refractivity contribution in [2.75, 3.05) is 0 Å². The fourth-order valence-corrected chi connectivity index (χ4v) is 1.78. The van der Waals surface area contributed by atoms with E-state index >= 15 is 0 Å². The first-order valence-electron chi connectivity index (χ1n) is 6.79. The molecule has 2 rings (SSSR count). The number of nitrogens with zero attached hydrogens (tertiary/aromatic N) is 3. The van der Waals surface area contributed by atoms with Gasteiger partial charge in [-0.1, -0.05) is 19.0 Å². The Balaban J connectivity index is 2.22. The van der Waals surface area contributed by atoms with Gasteiger partial charge in [-0.25, -0.2) is 0 Å². The van der Waals surface area contributed by atoms with Gasteiger partial charge in [0.1, 0.15) is 6.04 Å². The molecule has 3 N–H and O–H groups in total. The molecule has 0 aliphatic carbocycles. The first kappa shape index (κ1) is 15.1. The Morgan fingerprint density at radius 1 is 1.29 bits per heavy atom. The molecule has 0 spiro atoms. The Kier molecular flexibility index (Phi) is 4.64. The maximum Gasteiger partial charge on any atom is 0.249 e. The molecule has 0 radical (unpaired) electrons. The van der Waals surface area contributed by atoms with Crippen LogP contribution in [0.2, 0.25) is 0 Å². The minimum Gasteiger partial charge on any atom is -0.343 e. The first-order chi connectivity index (χ1) is 9.99. The molecule has 1 unspecified atom stereocenters. The molecule has 112 valence electrons. The van der Waals surface area contributed by atoms with Crippen molar-refractivity contribution in [3.8, 4) is 11.4 Å². The van der Waals surface area contributed by atoms with E-state index in [1.54, 1.807) is 31.5 Å². The Hall–Kier alpha value is -2.28. The number of amides is 1. The van der Waals surface area contributed by atoms with Crippen molar-refractivity contribution < 1.29 is 9.32 Å². The van der Waals surface area contributed by atoms with Crippen LogP contribution in [0.3, 0.4) is 0 Å². The van der Waals surface area contributed by atoms with Gasteiger partial charge in [0.15, 0.2) is 0 Å². The monoisotopic (exact) mass is 289 g/mol. The van der Waals surface area contributed by atoms with Crippen LogP contribution in [0.4, 0.5) is 0 Å². The minimum atomic E-state index is -0.589. The molecule has 0 aliphatic rings. The largest absolute Gasteiger partial charge is 0.343 e. The molecule has 0 aliphatic heterocycles. The average molecular weight is 289 g/mol. The van der Waals surface area contributed by atoms with E-state index in [1.807, 2.05) is 13.8 Å². The summed E-state index contributed by atoms with van der Waals surface area (Å²) in [5, 5.41) is 6.77. The summed E-state index contributed by atoms with van der Waals surface area (Å²) in [6, 6.07) is 2.62. The van der Waals surface area contributed by atoms with Crippen LogP contribution in [-0.4, -0.2) is 27.1 Å². The summed E-state index contributed by atoms with van der Waals surface area (Å²) >= 11 is 0. The van der Waals surface area contributed by atoms with Gasteiger partial charge in [0, 0.05) is 18.0 Å². The highest BCUT2D eigenvalue weighted by molar-refractivity contribution is 5.81. The SMILES string of the molecule is CC(C)C(NC(=O)[C@@H](C)N)c1nc(-c2ccncc2)no1. The van der Waals surface area contributed by atoms with Crippen LogP contribution in [0.1, 0.15) is 32.7 Å². The molecular weight excluding hydrogens is 270 g/mol. The molecule has 0 saturated carbocycles. The maximum atomic E-state index is 11.8. The second-order valence-electron chi connectivity index (χ2n) is 5.21. The number of carbonyl (C=O) groups is 1. The molecule has 2 aromatic rings. The number of nitrogens with one attached hydrogen (secondary N) is 1. The molecular formula is C14H19N5O2. The standard InChI is InChI=1S/C14H19N5O2/c1-8(2)11(17-13(20)9(3)15)14-18-12(19-21-14)10-4-6-16-7-5-10/h4-9,11H,15H2,1-3H3,(H,17,20)/t9-,11?/m1/s1. The van der Waals surface area contributed by atoms with Crippen LogP contribution in [0.5, 0.6) is 0 Å². The van der Waals surface area contributed by atoms with E-state index in [0.29, 0.717) is 11.7 Å². The number of hydrogen-bond acceptors (Lipinski definition) is 6. The molecule has 2 atom stereocenters. The van der Waals surface area contributed by atoms with Crippen LogP contribution >= 0.6 is 0 Å². The van der Waals surface area contributed by atoms with Gasteiger partial charge in [0.25, 0.3) is 0 Å². The highest BCUT2D eigenvalue weighted by Gasteiger charge is 2.25. The van der Waals surface area contributed by atoms with E-state index in [4.69, 9.17) is 10.3 Å². The van der Waals surface area contributed by atoms with Gasteiger partial charge in [-0.2, -0.15) is 4.98 Å². The van der Waals surface area contributed by atoms with Crippen molar-refractivity contribution in [3.63, 3.8) is 0 Å². The van der Waals surface area contributed by atoms with E-state index in [0.717, 1.165) is 5.56 Å². The summed E-state index contributed by atoms with van der Waals surface area (Å²) in [6.07, 6.45) is 3.31. The van der Waals surface area contributed by atoms with Crippen molar-refractivity contribution in [2.24, 2.45) is 11.7 Å². The zero-order valence-electron chi connectivity index (χ0n) is 12.3. The van der Waals surface area contributed by atoms with E-state index in [2.05, 4.69) is 20.4 Å². The summed E-state index contributed by atoms with van der Waals surface area (Å²) < 4.78 is 5.29. The molecule has 0 saturated heterocycles. The van der Waals surface area contributed by atoms with Gasteiger partial charge >= 0.3 is 0 Å². The molecule has 2 heterocycles. The first-order valence-corrected chi connectivity index (χ1v) is 6.79. The number of hydrogen-bond donors (Lipinski definition) is 2.